The van der Waals surface area contributed by atoms with Crippen LogP contribution in [-0.2, 0) is 23.1 Å². The highest BCUT2D eigenvalue weighted by Gasteiger charge is 2.35. The van der Waals surface area contributed by atoms with Crippen LogP contribution in [0.1, 0.15) is 52.5 Å². The van der Waals surface area contributed by atoms with Crippen LogP contribution in [-0.4, -0.2) is 64.0 Å². The minimum atomic E-state index is -3.47. The van der Waals surface area contributed by atoms with Gasteiger partial charge in [-0.25, -0.2) is 23.4 Å². The second-order valence-electron chi connectivity index (χ2n) is 10.3. The standard InChI is InChI=1S/C27H33N7O3S/c1-17-5-6-22(11-18(17)2)30-27-29-14-21-15-33(16-24(21)31-27)23-8-10-34(19(3)12-23)26(35)20-7-9-28-25(13-20)32-38(4,36)37/h5-7,9,11,13-14,19,23H,8,10,12,15-16H2,1-4H3,(H,28,32)(H,29,30,31)/t19-,23-/m1/s1. The van der Waals surface area contributed by atoms with Crippen LogP contribution in [0.5, 0.6) is 0 Å². The Kier molecular flexibility index (Phi) is 7.06. The molecule has 0 radical (unpaired) electrons. The third-order valence-corrected chi connectivity index (χ3v) is 7.95. The van der Waals surface area contributed by atoms with Gasteiger partial charge < -0.3 is 10.2 Å². The van der Waals surface area contributed by atoms with E-state index in [2.05, 4.69) is 57.8 Å². The number of piperidine rings is 1. The van der Waals surface area contributed by atoms with E-state index in [0.29, 0.717) is 24.1 Å². The zero-order chi connectivity index (χ0) is 27.0. The molecule has 200 valence electrons. The van der Waals surface area contributed by atoms with E-state index in [1.807, 2.05) is 17.2 Å². The van der Waals surface area contributed by atoms with Crippen LogP contribution in [0, 0.1) is 13.8 Å². The molecular weight excluding hydrogens is 502 g/mol. The van der Waals surface area contributed by atoms with E-state index in [0.717, 1.165) is 49.1 Å². The second-order valence-corrected chi connectivity index (χ2v) is 12.1. The number of rotatable bonds is 6. The zero-order valence-electron chi connectivity index (χ0n) is 22.1. The minimum absolute atomic E-state index is 0.0394. The quantitative estimate of drug-likeness (QED) is 0.491. The van der Waals surface area contributed by atoms with Crippen molar-refractivity contribution < 1.29 is 13.2 Å². The summed E-state index contributed by atoms with van der Waals surface area (Å²) >= 11 is 0. The molecule has 2 aromatic heterocycles. The molecule has 2 aliphatic rings. The summed E-state index contributed by atoms with van der Waals surface area (Å²) in [6, 6.07) is 9.71. The number of hydrogen-bond acceptors (Lipinski definition) is 8. The smallest absolute Gasteiger partial charge is 0.254 e. The number of anilines is 3. The molecule has 2 atom stereocenters. The van der Waals surface area contributed by atoms with E-state index in [1.54, 1.807) is 6.07 Å². The number of likely N-dealkylation sites (tertiary alicyclic amines) is 1. The maximum Gasteiger partial charge on any atom is 0.254 e. The van der Waals surface area contributed by atoms with Crippen molar-refractivity contribution in [1.82, 2.24) is 24.8 Å². The third kappa shape index (κ3) is 5.78. The number of fused-ring (bicyclic) bond motifs is 1. The minimum Gasteiger partial charge on any atom is -0.336 e. The lowest BCUT2D eigenvalue weighted by Gasteiger charge is -2.41. The van der Waals surface area contributed by atoms with Crippen molar-refractivity contribution in [2.24, 2.45) is 0 Å². The molecule has 0 bridgehead atoms. The van der Waals surface area contributed by atoms with Crippen molar-refractivity contribution >= 4 is 33.4 Å². The van der Waals surface area contributed by atoms with Crippen LogP contribution in [0.25, 0.3) is 0 Å². The number of pyridine rings is 1. The molecule has 2 N–H and O–H groups in total. The highest BCUT2D eigenvalue weighted by molar-refractivity contribution is 7.92. The van der Waals surface area contributed by atoms with Crippen LogP contribution in [0.2, 0.25) is 0 Å². The molecule has 3 aromatic rings. The van der Waals surface area contributed by atoms with Gasteiger partial charge in [-0.2, -0.15) is 0 Å². The Morgan fingerprint density at radius 1 is 1.08 bits per heavy atom. The molecule has 10 nitrogen and oxygen atoms in total. The molecule has 1 fully saturated rings. The largest absolute Gasteiger partial charge is 0.336 e. The van der Waals surface area contributed by atoms with E-state index in [1.165, 1.54) is 23.4 Å². The SMILES string of the molecule is Cc1ccc(Nc2ncc3c(n2)CN([C@@H]2CCN(C(=O)c4ccnc(NS(C)(=O)=O)c4)[C@H](C)C2)C3)cc1C. The Hall–Kier alpha value is -3.57. The first kappa shape index (κ1) is 26.1. The molecule has 0 unspecified atom stereocenters. The van der Waals surface area contributed by atoms with E-state index >= 15 is 0 Å². The summed E-state index contributed by atoms with van der Waals surface area (Å²) in [5.41, 5.74) is 6.05. The maximum atomic E-state index is 13.2. The van der Waals surface area contributed by atoms with Crippen LogP contribution >= 0.6 is 0 Å². The Bertz CT molecular complexity index is 1480. The highest BCUT2D eigenvalue weighted by atomic mass is 32.2. The van der Waals surface area contributed by atoms with E-state index in [9.17, 15) is 13.2 Å². The lowest BCUT2D eigenvalue weighted by molar-refractivity contribution is 0.0460. The fourth-order valence-corrected chi connectivity index (χ4v) is 5.69. The molecule has 5 rings (SSSR count). The third-order valence-electron chi connectivity index (χ3n) is 7.37. The number of aromatic nitrogens is 3. The summed E-state index contributed by atoms with van der Waals surface area (Å²) in [6.07, 6.45) is 6.12. The van der Waals surface area contributed by atoms with Gasteiger partial charge in [-0.3, -0.25) is 14.4 Å². The Morgan fingerprint density at radius 3 is 2.63 bits per heavy atom. The molecule has 1 amide bonds. The number of carbonyl (C=O) groups is 1. The van der Waals surface area contributed by atoms with Crippen LogP contribution in [0.4, 0.5) is 17.5 Å². The number of aryl methyl sites for hydroxylation is 2. The highest BCUT2D eigenvalue weighted by Crippen LogP contribution is 2.31. The van der Waals surface area contributed by atoms with E-state index < -0.39 is 10.0 Å². The molecule has 2 aliphatic heterocycles. The van der Waals surface area contributed by atoms with Gasteiger partial charge in [0.1, 0.15) is 5.82 Å². The summed E-state index contributed by atoms with van der Waals surface area (Å²) in [5, 5.41) is 3.33. The number of hydrogen-bond donors (Lipinski definition) is 2. The lowest BCUT2D eigenvalue weighted by Crippen LogP contribution is -2.50. The fourth-order valence-electron chi connectivity index (χ4n) is 5.20. The summed E-state index contributed by atoms with van der Waals surface area (Å²) < 4.78 is 25.4. The number of benzene rings is 1. The predicted molar refractivity (Wildman–Crippen MR) is 147 cm³/mol. The van der Waals surface area contributed by atoms with Crippen molar-refractivity contribution in [1.29, 1.82) is 0 Å². The van der Waals surface area contributed by atoms with Gasteiger partial charge in [0.2, 0.25) is 16.0 Å². The average molecular weight is 536 g/mol. The monoisotopic (exact) mass is 535 g/mol. The van der Waals surface area contributed by atoms with Crippen molar-refractivity contribution in [3.63, 3.8) is 0 Å². The van der Waals surface area contributed by atoms with Gasteiger partial charge in [-0.1, -0.05) is 6.07 Å². The number of nitrogens with zero attached hydrogens (tertiary/aromatic N) is 5. The molecule has 11 heteroatoms. The summed E-state index contributed by atoms with van der Waals surface area (Å²) in [5.74, 6) is 0.625. The maximum absolute atomic E-state index is 13.2. The van der Waals surface area contributed by atoms with Gasteiger partial charge in [-0.05, 0) is 69.0 Å². The van der Waals surface area contributed by atoms with Gasteiger partial charge in [0.05, 0.1) is 11.9 Å². The normalized spacial score (nSPS) is 19.7. The second kappa shape index (κ2) is 10.3. The van der Waals surface area contributed by atoms with Gasteiger partial charge in [0.25, 0.3) is 5.91 Å². The first-order chi connectivity index (χ1) is 18.1. The number of sulfonamides is 1. The molecule has 1 aromatic carbocycles. The van der Waals surface area contributed by atoms with Gasteiger partial charge in [0.15, 0.2) is 0 Å². The first-order valence-corrected chi connectivity index (χ1v) is 14.6. The van der Waals surface area contributed by atoms with Crippen molar-refractivity contribution in [3.05, 3.63) is 70.7 Å². The van der Waals surface area contributed by atoms with Crippen molar-refractivity contribution in [3.8, 4) is 0 Å². The number of carbonyl (C=O) groups excluding carboxylic acids is 1. The lowest BCUT2D eigenvalue weighted by atomic mass is 9.96. The predicted octanol–water partition coefficient (Wildman–Crippen LogP) is 3.61. The van der Waals surface area contributed by atoms with Gasteiger partial charge in [-0.15, -0.1) is 0 Å². The van der Waals surface area contributed by atoms with Crippen molar-refractivity contribution in [2.45, 2.75) is 58.8 Å². The average Bonchev–Trinajstić information content (AvgIpc) is 3.28. The number of nitrogens with one attached hydrogen (secondary N) is 2. The molecule has 1 saturated heterocycles. The molecule has 38 heavy (non-hydrogen) atoms. The zero-order valence-corrected chi connectivity index (χ0v) is 22.9. The van der Waals surface area contributed by atoms with E-state index in [-0.39, 0.29) is 17.8 Å². The Morgan fingerprint density at radius 2 is 1.89 bits per heavy atom. The fraction of sp³-hybridized carbons (Fsp3) is 0.407. The molecule has 4 heterocycles. The molecule has 0 spiro atoms. The topological polar surface area (TPSA) is 120 Å². The van der Waals surface area contributed by atoms with E-state index in [4.69, 9.17) is 4.98 Å². The molecular formula is C27H33N7O3S. The molecule has 0 saturated carbocycles. The van der Waals surface area contributed by atoms with Gasteiger partial charge >= 0.3 is 0 Å². The van der Waals surface area contributed by atoms with Crippen LogP contribution in [0.15, 0.2) is 42.7 Å². The Balaban J connectivity index is 1.21. The summed E-state index contributed by atoms with van der Waals surface area (Å²) in [6.45, 7) is 8.43. The van der Waals surface area contributed by atoms with Crippen LogP contribution in [0.3, 0.4) is 0 Å². The summed E-state index contributed by atoms with van der Waals surface area (Å²) in [4.78, 5) is 30.9. The summed E-state index contributed by atoms with van der Waals surface area (Å²) in [7, 11) is -3.47. The number of amides is 1. The molecule has 0 aliphatic carbocycles. The Labute approximate surface area is 223 Å². The first-order valence-electron chi connectivity index (χ1n) is 12.7. The van der Waals surface area contributed by atoms with Gasteiger partial charge in [0, 0.05) is 60.9 Å². The van der Waals surface area contributed by atoms with Crippen LogP contribution < -0.4 is 10.0 Å². The van der Waals surface area contributed by atoms with Crippen molar-refractivity contribution in [2.75, 3.05) is 22.8 Å².